The molecule has 0 aliphatic carbocycles. The van der Waals surface area contributed by atoms with Gasteiger partial charge in [0.05, 0.1) is 6.54 Å². The summed E-state index contributed by atoms with van der Waals surface area (Å²) >= 11 is 0. The molecule has 1 aliphatic heterocycles. The Hall–Kier alpha value is -1.83. The van der Waals surface area contributed by atoms with E-state index >= 15 is 0 Å². The molecular weight excluding hydrogens is 336 g/mol. The first-order valence-corrected chi connectivity index (χ1v) is 9.45. The van der Waals surface area contributed by atoms with Crippen LogP contribution in [-0.2, 0) is 14.3 Å². The van der Waals surface area contributed by atoms with Crippen LogP contribution in [0.2, 0.25) is 0 Å². The number of carbonyl (C=O) groups is 3. The molecule has 0 aromatic rings. The molecule has 0 aromatic carbocycles. The molecule has 0 unspecified atom stereocenters. The van der Waals surface area contributed by atoms with E-state index in [1.807, 2.05) is 32.6 Å². The minimum absolute atomic E-state index is 0.0282. The van der Waals surface area contributed by atoms with Crippen molar-refractivity contribution in [2.45, 2.75) is 52.6 Å². The SMILES string of the molecule is CCNC(=O)CN1CCCN(C(=O)CCCNC(=O)OC(C)(C)C)CC1. The number of rotatable bonds is 7. The average Bonchev–Trinajstić information content (AvgIpc) is 2.75. The predicted octanol–water partition coefficient (Wildman–Crippen LogP) is 0.962. The van der Waals surface area contributed by atoms with Gasteiger partial charge in [-0.25, -0.2) is 4.79 Å². The molecule has 1 fully saturated rings. The number of ether oxygens (including phenoxy) is 1. The fourth-order valence-corrected chi connectivity index (χ4v) is 2.74. The lowest BCUT2D eigenvalue weighted by molar-refractivity contribution is -0.131. The highest BCUT2D eigenvalue weighted by Gasteiger charge is 2.20. The first-order chi connectivity index (χ1) is 12.2. The van der Waals surface area contributed by atoms with Gasteiger partial charge in [0.2, 0.25) is 11.8 Å². The van der Waals surface area contributed by atoms with Crippen molar-refractivity contribution in [3.05, 3.63) is 0 Å². The van der Waals surface area contributed by atoms with Gasteiger partial charge in [0.15, 0.2) is 0 Å². The number of carbonyl (C=O) groups excluding carboxylic acids is 3. The van der Waals surface area contributed by atoms with Crippen LogP contribution < -0.4 is 10.6 Å². The third kappa shape index (κ3) is 9.60. The highest BCUT2D eigenvalue weighted by Crippen LogP contribution is 2.07. The number of hydrogen-bond acceptors (Lipinski definition) is 5. The van der Waals surface area contributed by atoms with Crippen molar-refractivity contribution in [2.75, 3.05) is 45.8 Å². The van der Waals surface area contributed by atoms with E-state index in [0.29, 0.717) is 52.1 Å². The molecular formula is C18H34N4O4. The Morgan fingerprint density at radius 3 is 2.42 bits per heavy atom. The number of nitrogens with zero attached hydrogens (tertiary/aromatic N) is 2. The zero-order chi connectivity index (χ0) is 19.6. The van der Waals surface area contributed by atoms with Gasteiger partial charge in [0.1, 0.15) is 5.60 Å². The van der Waals surface area contributed by atoms with Crippen LogP contribution in [0.4, 0.5) is 4.79 Å². The maximum atomic E-state index is 12.3. The third-order valence-electron chi connectivity index (χ3n) is 3.92. The molecule has 0 spiro atoms. The topological polar surface area (TPSA) is 91.0 Å². The summed E-state index contributed by atoms with van der Waals surface area (Å²) in [4.78, 5) is 39.5. The van der Waals surface area contributed by atoms with E-state index in [0.717, 1.165) is 13.0 Å². The molecule has 1 rings (SSSR count). The first kappa shape index (κ1) is 22.2. The molecule has 0 radical (unpaired) electrons. The van der Waals surface area contributed by atoms with Gasteiger partial charge >= 0.3 is 6.09 Å². The third-order valence-corrected chi connectivity index (χ3v) is 3.92. The quantitative estimate of drug-likeness (QED) is 0.652. The molecule has 0 aromatic heterocycles. The Bertz CT molecular complexity index is 476. The normalized spacial score (nSPS) is 15.9. The van der Waals surface area contributed by atoms with Crippen molar-refractivity contribution in [3.8, 4) is 0 Å². The van der Waals surface area contributed by atoms with E-state index in [-0.39, 0.29) is 11.8 Å². The summed E-state index contributed by atoms with van der Waals surface area (Å²) in [6, 6.07) is 0. The van der Waals surface area contributed by atoms with Crippen molar-refractivity contribution in [3.63, 3.8) is 0 Å². The van der Waals surface area contributed by atoms with Gasteiger partial charge < -0.3 is 20.3 Å². The van der Waals surface area contributed by atoms with Crippen molar-refractivity contribution in [2.24, 2.45) is 0 Å². The Labute approximate surface area is 156 Å². The average molecular weight is 370 g/mol. The van der Waals surface area contributed by atoms with E-state index in [4.69, 9.17) is 4.74 Å². The lowest BCUT2D eigenvalue weighted by Gasteiger charge is -2.22. The van der Waals surface area contributed by atoms with Crippen molar-refractivity contribution >= 4 is 17.9 Å². The summed E-state index contributed by atoms with van der Waals surface area (Å²) in [5, 5.41) is 5.46. The summed E-state index contributed by atoms with van der Waals surface area (Å²) in [5.74, 6) is 0.122. The van der Waals surface area contributed by atoms with Crippen LogP contribution in [0, 0.1) is 0 Å². The molecule has 26 heavy (non-hydrogen) atoms. The van der Waals surface area contributed by atoms with Crippen molar-refractivity contribution < 1.29 is 19.1 Å². The number of amides is 3. The second kappa shape index (κ2) is 11.0. The molecule has 8 heteroatoms. The Balaban J connectivity index is 2.25. The monoisotopic (exact) mass is 370 g/mol. The molecule has 0 atom stereocenters. The van der Waals surface area contributed by atoms with Gasteiger partial charge in [0.25, 0.3) is 0 Å². The number of hydrogen-bond donors (Lipinski definition) is 2. The van der Waals surface area contributed by atoms with E-state index in [1.54, 1.807) is 0 Å². The molecule has 150 valence electrons. The number of alkyl carbamates (subject to hydrolysis) is 1. The molecule has 1 aliphatic rings. The zero-order valence-electron chi connectivity index (χ0n) is 16.6. The Morgan fingerprint density at radius 1 is 1.04 bits per heavy atom. The smallest absolute Gasteiger partial charge is 0.407 e. The van der Waals surface area contributed by atoms with Crippen LogP contribution in [0.15, 0.2) is 0 Å². The Morgan fingerprint density at radius 2 is 1.77 bits per heavy atom. The minimum Gasteiger partial charge on any atom is -0.444 e. The van der Waals surface area contributed by atoms with E-state index < -0.39 is 11.7 Å². The molecule has 1 saturated heterocycles. The van der Waals surface area contributed by atoms with Crippen LogP contribution in [0.25, 0.3) is 0 Å². The highest BCUT2D eigenvalue weighted by atomic mass is 16.6. The molecule has 8 nitrogen and oxygen atoms in total. The summed E-state index contributed by atoms with van der Waals surface area (Å²) in [5.41, 5.74) is -0.522. The second-order valence-corrected chi connectivity index (χ2v) is 7.50. The maximum Gasteiger partial charge on any atom is 0.407 e. The molecule has 0 saturated carbocycles. The second-order valence-electron chi connectivity index (χ2n) is 7.50. The zero-order valence-corrected chi connectivity index (χ0v) is 16.6. The lowest BCUT2D eigenvalue weighted by Crippen LogP contribution is -2.40. The van der Waals surface area contributed by atoms with Crippen molar-refractivity contribution in [1.29, 1.82) is 0 Å². The largest absolute Gasteiger partial charge is 0.444 e. The summed E-state index contributed by atoms with van der Waals surface area (Å²) in [6.45, 7) is 11.6. The highest BCUT2D eigenvalue weighted by molar-refractivity contribution is 5.78. The van der Waals surface area contributed by atoms with Crippen LogP contribution in [0.3, 0.4) is 0 Å². The molecule has 3 amide bonds. The van der Waals surface area contributed by atoms with Gasteiger partial charge in [-0.3, -0.25) is 14.5 Å². The minimum atomic E-state index is -0.522. The summed E-state index contributed by atoms with van der Waals surface area (Å²) < 4.78 is 5.15. The Kier molecular flexibility index (Phi) is 9.40. The predicted molar refractivity (Wildman–Crippen MR) is 99.8 cm³/mol. The van der Waals surface area contributed by atoms with Gasteiger partial charge in [-0.1, -0.05) is 0 Å². The maximum absolute atomic E-state index is 12.3. The summed E-state index contributed by atoms with van der Waals surface area (Å²) in [6.07, 6.45) is 1.38. The number of nitrogens with one attached hydrogen (secondary N) is 2. The van der Waals surface area contributed by atoms with Crippen LogP contribution in [0.1, 0.15) is 47.0 Å². The van der Waals surface area contributed by atoms with Crippen LogP contribution in [0.5, 0.6) is 0 Å². The molecule has 1 heterocycles. The van der Waals surface area contributed by atoms with E-state index in [1.165, 1.54) is 0 Å². The lowest BCUT2D eigenvalue weighted by atomic mass is 10.2. The number of likely N-dealkylation sites (N-methyl/N-ethyl adjacent to an activating group) is 1. The van der Waals surface area contributed by atoms with E-state index in [9.17, 15) is 14.4 Å². The fourth-order valence-electron chi connectivity index (χ4n) is 2.74. The fraction of sp³-hybridized carbons (Fsp3) is 0.833. The summed E-state index contributed by atoms with van der Waals surface area (Å²) in [7, 11) is 0. The van der Waals surface area contributed by atoms with E-state index in [2.05, 4.69) is 15.5 Å². The van der Waals surface area contributed by atoms with Gasteiger partial charge in [-0.05, 0) is 40.5 Å². The molecule has 0 bridgehead atoms. The van der Waals surface area contributed by atoms with Crippen molar-refractivity contribution in [1.82, 2.24) is 20.4 Å². The van der Waals surface area contributed by atoms with Crippen LogP contribution in [-0.4, -0.2) is 79.1 Å². The van der Waals surface area contributed by atoms with Gasteiger partial charge in [-0.2, -0.15) is 0 Å². The van der Waals surface area contributed by atoms with Gasteiger partial charge in [-0.15, -0.1) is 0 Å². The van der Waals surface area contributed by atoms with Crippen LogP contribution >= 0.6 is 0 Å². The van der Waals surface area contributed by atoms with Gasteiger partial charge in [0, 0.05) is 45.7 Å². The molecule has 2 N–H and O–H groups in total. The standard InChI is InChI=1S/C18H34N4O4/c1-5-19-15(23)14-21-10-7-11-22(13-12-21)16(24)8-6-9-20-17(25)26-18(2,3)4/h5-14H2,1-4H3,(H,19,23)(H,20,25). The first-order valence-electron chi connectivity index (χ1n) is 9.45.